The molecule has 0 heterocycles. The number of nitrogens with zero attached hydrogens (tertiary/aromatic N) is 2. The van der Waals surface area contributed by atoms with Gasteiger partial charge < -0.3 is 10.5 Å². The van der Waals surface area contributed by atoms with E-state index >= 15 is 0 Å². The van der Waals surface area contributed by atoms with E-state index in [0.717, 1.165) is 42.8 Å². The van der Waals surface area contributed by atoms with E-state index in [1.54, 1.807) is 31.4 Å². The number of rotatable bonds is 6. The molecule has 0 saturated carbocycles. The predicted molar refractivity (Wildman–Crippen MR) is 116 cm³/mol. The third kappa shape index (κ3) is 12.2. The molecule has 0 spiro atoms. The molecule has 0 unspecified atom stereocenters. The molecule has 5 nitrogen and oxygen atoms in total. The van der Waals surface area contributed by atoms with Crippen LogP contribution in [-0.4, -0.2) is 45.5 Å². The Morgan fingerprint density at radius 3 is 1.48 bits per heavy atom. The van der Waals surface area contributed by atoms with E-state index in [-0.39, 0.29) is 0 Å². The van der Waals surface area contributed by atoms with Crippen molar-refractivity contribution in [1.29, 1.82) is 0 Å². The lowest BCUT2D eigenvalue weighted by Crippen LogP contribution is -1.87. The first-order chi connectivity index (χ1) is 13.1. The Bertz CT molecular complexity index is 630. The second-order valence-electron chi connectivity index (χ2n) is 5.22. The maximum Gasteiger partial charge on any atom is 0.150 e. The van der Waals surface area contributed by atoms with Crippen LogP contribution in [0.15, 0.2) is 58.5 Å². The summed E-state index contributed by atoms with van der Waals surface area (Å²) in [5.74, 6) is 0.769. The van der Waals surface area contributed by atoms with Crippen molar-refractivity contribution >= 4 is 18.7 Å². The molecule has 0 aliphatic rings. The van der Waals surface area contributed by atoms with Crippen LogP contribution in [0.2, 0.25) is 0 Å². The van der Waals surface area contributed by atoms with Crippen molar-refractivity contribution in [2.75, 3.05) is 26.7 Å². The molecule has 0 aliphatic heterocycles. The lowest BCUT2D eigenvalue weighted by atomic mass is 10.1. The van der Waals surface area contributed by atoms with E-state index in [9.17, 15) is 4.79 Å². The third-order valence-corrected chi connectivity index (χ3v) is 3.03. The number of nitrogens with two attached hydrogens (primary N) is 1. The van der Waals surface area contributed by atoms with Crippen molar-refractivity contribution in [2.24, 2.45) is 15.7 Å². The molecular weight excluding hydrogens is 338 g/mol. The van der Waals surface area contributed by atoms with Crippen LogP contribution in [0, 0.1) is 0 Å². The second-order valence-corrected chi connectivity index (χ2v) is 5.22. The van der Waals surface area contributed by atoms with Crippen molar-refractivity contribution in [3.8, 4) is 5.75 Å². The van der Waals surface area contributed by atoms with Gasteiger partial charge in [-0.1, -0.05) is 31.2 Å². The highest BCUT2D eigenvalue weighted by atomic mass is 16.5. The molecule has 0 saturated heterocycles. The van der Waals surface area contributed by atoms with Crippen LogP contribution in [-0.2, 0) is 0 Å². The Morgan fingerprint density at radius 2 is 1.19 bits per heavy atom. The second kappa shape index (κ2) is 16.7. The Labute approximate surface area is 163 Å². The molecule has 0 aliphatic carbocycles. The summed E-state index contributed by atoms with van der Waals surface area (Å²) in [5, 5.41) is 0. The maximum absolute atomic E-state index is 10.2. The first-order valence-corrected chi connectivity index (χ1v) is 9.04. The minimum atomic E-state index is 0.667. The van der Waals surface area contributed by atoms with Gasteiger partial charge in [0.2, 0.25) is 0 Å². The zero-order chi connectivity index (χ0) is 20.3. The summed E-state index contributed by atoms with van der Waals surface area (Å²) in [6.07, 6.45) is 4.58. The van der Waals surface area contributed by atoms with Gasteiger partial charge in [-0.25, -0.2) is 0 Å². The number of aldehydes is 1. The van der Waals surface area contributed by atoms with Crippen LogP contribution in [0.5, 0.6) is 5.75 Å². The molecule has 0 aromatic heterocycles. The van der Waals surface area contributed by atoms with E-state index in [1.807, 2.05) is 33.2 Å². The van der Waals surface area contributed by atoms with Crippen LogP contribution in [0.25, 0.3) is 0 Å². The van der Waals surface area contributed by atoms with Crippen LogP contribution in [0.1, 0.15) is 42.3 Å². The molecule has 2 N–H and O–H groups in total. The number of hydrogen-bond donors (Lipinski definition) is 1. The summed E-state index contributed by atoms with van der Waals surface area (Å²) in [4.78, 5) is 18.5. The van der Waals surface area contributed by atoms with Gasteiger partial charge >= 0.3 is 0 Å². The highest BCUT2D eigenvalue weighted by Crippen LogP contribution is 2.09. The molecule has 0 bridgehead atoms. The first-order valence-electron chi connectivity index (χ1n) is 9.04. The number of benzene rings is 2. The summed E-state index contributed by atoms with van der Waals surface area (Å²) >= 11 is 0. The zero-order valence-corrected chi connectivity index (χ0v) is 16.8. The van der Waals surface area contributed by atoms with Crippen LogP contribution in [0.3, 0.4) is 0 Å². The Balaban J connectivity index is 0.000000455. The normalized spacial score (nSPS) is 9.96. The molecule has 5 heteroatoms. The molecule has 0 radical (unpaired) electrons. The molecular formula is C22H31N3O2. The molecule has 2 aromatic carbocycles. The monoisotopic (exact) mass is 369 g/mol. The number of ether oxygens (including phenoxy) is 1. The largest absolute Gasteiger partial charge is 0.497 e. The number of methoxy groups -OCH3 is 1. The molecule has 2 rings (SSSR count). The molecule has 2 aromatic rings. The molecule has 0 atom stereocenters. The number of hydrogen-bond acceptors (Lipinski definition) is 5. The van der Waals surface area contributed by atoms with Gasteiger partial charge in [-0.15, -0.1) is 0 Å². The van der Waals surface area contributed by atoms with Gasteiger partial charge in [0.05, 0.1) is 7.11 Å². The standard InChI is InChI=1S/C12H16N2.C8H8O2.C2H7N/c1-3-13-9-11-5-7-12(8-6-11)10-14-4-2;1-10-8-4-2-7(6-9)3-5-8;1-2-3/h5-10H,3-4H2,1-2H3;2-6H,1H3;2-3H2,1H3. The van der Waals surface area contributed by atoms with Crippen molar-refractivity contribution < 1.29 is 9.53 Å². The van der Waals surface area contributed by atoms with E-state index in [2.05, 4.69) is 34.3 Å². The van der Waals surface area contributed by atoms with Crippen LogP contribution in [0.4, 0.5) is 0 Å². The van der Waals surface area contributed by atoms with Gasteiger partial charge in [0.1, 0.15) is 12.0 Å². The SMILES string of the molecule is CCN.CCN=Cc1ccc(C=NCC)cc1.COc1ccc(C=O)cc1. The summed E-state index contributed by atoms with van der Waals surface area (Å²) < 4.78 is 4.90. The maximum atomic E-state index is 10.2. The number of carbonyl (C=O) groups excluding carboxylic acids is 1. The molecule has 0 amide bonds. The molecule has 146 valence electrons. The summed E-state index contributed by atoms with van der Waals surface area (Å²) in [6.45, 7) is 8.37. The fourth-order valence-corrected chi connectivity index (χ4v) is 1.74. The highest BCUT2D eigenvalue weighted by Gasteiger charge is 1.90. The van der Waals surface area contributed by atoms with Gasteiger partial charge in [0.15, 0.2) is 0 Å². The number of aliphatic imine (C=N–C) groups is 2. The summed E-state index contributed by atoms with van der Waals surface area (Å²) in [5.41, 5.74) is 7.79. The van der Waals surface area contributed by atoms with Crippen molar-refractivity contribution in [3.05, 3.63) is 65.2 Å². The molecule has 0 fully saturated rings. The van der Waals surface area contributed by atoms with E-state index in [0.29, 0.717) is 5.56 Å². The average Bonchev–Trinajstić information content (AvgIpc) is 2.72. The van der Waals surface area contributed by atoms with E-state index < -0.39 is 0 Å². The third-order valence-electron chi connectivity index (χ3n) is 3.03. The van der Waals surface area contributed by atoms with Crippen molar-refractivity contribution in [1.82, 2.24) is 0 Å². The van der Waals surface area contributed by atoms with Gasteiger partial charge in [-0.2, -0.15) is 0 Å². The lowest BCUT2D eigenvalue weighted by molar-refractivity contribution is 0.112. The van der Waals surface area contributed by atoms with E-state index in [4.69, 9.17) is 10.5 Å². The minimum Gasteiger partial charge on any atom is -0.497 e. The molecule has 27 heavy (non-hydrogen) atoms. The minimum absolute atomic E-state index is 0.667. The quantitative estimate of drug-likeness (QED) is 0.617. The first kappa shape index (κ1) is 24.2. The lowest BCUT2D eigenvalue weighted by Gasteiger charge is -1.96. The fraction of sp³-hybridized carbons (Fsp3) is 0.318. The smallest absolute Gasteiger partial charge is 0.150 e. The summed E-state index contributed by atoms with van der Waals surface area (Å²) in [7, 11) is 1.59. The fourth-order valence-electron chi connectivity index (χ4n) is 1.74. The van der Waals surface area contributed by atoms with Gasteiger partial charge in [0.25, 0.3) is 0 Å². The Morgan fingerprint density at radius 1 is 0.815 bits per heavy atom. The van der Waals surface area contributed by atoms with Gasteiger partial charge in [-0.3, -0.25) is 14.8 Å². The van der Waals surface area contributed by atoms with E-state index in [1.165, 1.54) is 0 Å². The van der Waals surface area contributed by atoms with Crippen molar-refractivity contribution in [2.45, 2.75) is 20.8 Å². The van der Waals surface area contributed by atoms with Crippen molar-refractivity contribution in [3.63, 3.8) is 0 Å². The highest BCUT2D eigenvalue weighted by molar-refractivity contribution is 5.84. The number of carbonyl (C=O) groups is 1. The van der Waals surface area contributed by atoms with Gasteiger partial charge in [-0.05, 0) is 55.8 Å². The van der Waals surface area contributed by atoms with Crippen LogP contribution >= 0.6 is 0 Å². The zero-order valence-electron chi connectivity index (χ0n) is 16.8. The average molecular weight is 370 g/mol. The van der Waals surface area contributed by atoms with Crippen LogP contribution < -0.4 is 10.5 Å². The Kier molecular flexibility index (Phi) is 14.9. The topological polar surface area (TPSA) is 77.0 Å². The predicted octanol–water partition coefficient (Wildman–Crippen LogP) is 4.04. The van der Waals surface area contributed by atoms with Gasteiger partial charge in [0, 0.05) is 31.1 Å². The summed E-state index contributed by atoms with van der Waals surface area (Å²) in [6, 6.07) is 15.1. The Hall–Kier alpha value is -2.79.